The van der Waals surface area contributed by atoms with Crippen LogP contribution in [0.2, 0.25) is 0 Å². The summed E-state index contributed by atoms with van der Waals surface area (Å²) in [5, 5.41) is 308. The minimum atomic E-state index is -2.57. The number of hydrogen-bond acceptors (Lipinski definition) is 49. The predicted molar refractivity (Wildman–Crippen MR) is 362 cm³/mol. The van der Waals surface area contributed by atoms with Crippen molar-refractivity contribution in [3.63, 3.8) is 0 Å². The highest BCUT2D eigenvalue weighted by molar-refractivity contribution is 5.74. The summed E-state index contributed by atoms with van der Waals surface area (Å²) in [4.78, 5) is 39.3. The fourth-order valence-corrected chi connectivity index (χ4v) is 15.4. The number of ether oxygens (including phenoxy) is 19. The Labute approximate surface area is 668 Å². The van der Waals surface area contributed by atoms with Crippen molar-refractivity contribution in [1.29, 1.82) is 0 Å². The Hall–Kier alpha value is -3.43. The van der Waals surface area contributed by atoms with Crippen molar-refractivity contribution >= 4 is 17.7 Å². The number of aliphatic hydroxyl groups is 27. The van der Waals surface area contributed by atoms with Gasteiger partial charge in [0, 0.05) is 20.8 Å². The molecule has 52 heteroatoms. The van der Waals surface area contributed by atoms with Crippen LogP contribution in [0, 0.1) is 0 Å². The van der Waals surface area contributed by atoms with Gasteiger partial charge in [0.1, 0.15) is 232 Å². The summed E-state index contributed by atoms with van der Waals surface area (Å²) in [6, 6.07) is -5.84. The van der Waals surface area contributed by atoms with E-state index in [1.807, 2.05) is 0 Å². The first kappa shape index (κ1) is 96.8. The molecular formula is C66H111N3O49. The van der Waals surface area contributed by atoms with Gasteiger partial charge < -0.3 is 244 Å². The van der Waals surface area contributed by atoms with Crippen LogP contribution in [0.5, 0.6) is 0 Å². The van der Waals surface area contributed by atoms with Gasteiger partial charge >= 0.3 is 0 Å². The number of carbonyl (C=O) groups excluding carboxylic acids is 3. The van der Waals surface area contributed by atoms with Crippen molar-refractivity contribution in [1.82, 2.24) is 16.0 Å². The summed E-state index contributed by atoms with van der Waals surface area (Å²) in [7, 11) is 0. The second kappa shape index (κ2) is 41.8. The molecule has 30 N–H and O–H groups in total. The van der Waals surface area contributed by atoms with E-state index in [1.165, 1.54) is 13.8 Å². The van der Waals surface area contributed by atoms with Gasteiger partial charge in [0.2, 0.25) is 17.7 Å². The fourth-order valence-electron chi connectivity index (χ4n) is 15.4. The Morgan fingerprint density at radius 2 is 0.517 bits per heavy atom. The average Bonchev–Trinajstić information content (AvgIpc) is 0.763. The van der Waals surface area contributed by atoms with Crippen molar-refractivity contribution in [2.45, 2.75) is 341 Å². The van der Waals surface area contributed by atoms with E-state index in [-0.39, 0.29) is 0 Å². The van der Waals surface area contributed by atoms with Gasteiger partial charge in [-0.15, -0.1) is 0 Å². The monoisotopic (exact) mass is 1730 g/mol. The van der Waals surface area contributed by atoms with Gasteiger partial charge in [0.25, 0.3) is 0 Å². The molecule has 0 aromatic rings. The molecule has 0 aromatic heterocycles. The van der Waals surface area contributed by atoms with E-state index in [1.54, 1.807) is 0 Å². The summed E-state index contributed by atoms with van der Waals surface area (Å²) < 4.78 is 114. The van der Waals surface area contributed by atoms with E-state index in [0.717, 1.165) is 20.8 Å². The zero-order chi connectivity index (χ0) is 86.8. The largest absolute Gasteiger partial charge is 0.394 e. The van der Waals surface area contributed by atoms with E-state index in [2.05, 4.69) is 16.0 Å². The third-order valence-corrected chi connectivity index (χ3v) is 22.0. The molecular weight excluding hydrogens is 1620 g/mol. The van der Waals surface area contributed by atoms with Gasteiger partial charge in [-0.1, -0.05) is 0 Å². The van der Waals surface area contributed by atoms with Crippen molar-refractivity contribution in [2.24, 2.45) is 0 Å². The van der Waals surface area contributed by atoms with Gasteiger partial charge in [-0.2, -0.15) is 0 Å². The first-order valence-electron chi connectivity index (χ1n) is 37.9. The molecule has 10 saturated heterocycles. The zero-order valence-electron chi connectivity index (χ0n) is 63.6. The molecule has 118 heavy (non-hydrogen) atoms. The maximum atomic E-state index is 13.5. The van der Waals surface area contributed by atoms with Crippen LogP contribution < -0.4 is 16.0 Å². The minimum Gasteiger partial charge on any atom is -0.394 e. The molecule has 50 atom stereocenters. The molecule has 0 saturated carbocycles. The maximum Gasteiger partial charge on any atom is 0.217 e. The second-order valence-corrected chi connectivity index (χ2v) is 30.2. The molecule has 52 nitrogen and oxygen atoms in total. The normalized spacial score (nSPS) is 51.1. The molecule has 10 aliphatic rings. The summed E-state index contributed by atoms with van der Waals surface area (Å²) in [6.45, 7) is -3.87. The average molecular weight is 1730 g/mol. The Morgan fingerprint density at radius 1 is 0.237 bits per heavy atom. The van der Waals surface area contributed by atoms with Crippen molar-refractivity contribution in [2.75, 3.05) is 52.9 Å². The first-order valence-corrected chi connectivity index (χ1v) is 37.9. The van der Waals surface area contributed by atoms with Crippen LogP contribution in [0.3, 0.4) is 0 Å². The Balaban J connectivity index is 1.01. The molecule has 1 unspecified atom stereocenters. The van der Waals surface area contributed by atoms with Gasteiger partial charge in [0.05, 0.1) is 65.1 Å². The Kier molecular flexibility index (Phi) is 34.3. The molecule has 10 rings (SSSR count). The summed E-state index contributed by atoms with van der Waals surface area (Å²) in [5.74, 6) is -2.88. The van der Waals surface area contributed by atoms with Crippen molar-refractivity contribution in [3.05, 3.63) is 0 Å². The molecule has 10 heterocycles. The molecule has 0 aromatic carbocycles. The van der Waals surface area contributed by atoms with Crippen LogP contribution in [0.25, 0.3) is 0 Å². The van der Waals surface area contributed by atoms with E-state index in [9.17, 15) is 152 Å². The highest BCUT2D eigenvalue weighted by Gasteiger charge is 2.62. The summed E-state index contributed by atoms with van der Waals surface area (Å²) in [6.07, 6.45) is -98.4. The SMILES string of the molecule is CC(=O)N[C@H]1[C@H](O[C@@H]2[C@@H](OC[C@H]3O[C@@H](O[C@H]4[C@H](O)[C@@H](NC(C)=O)C(O)O[C@@H]4CO)[C@@H](O)[C@@H](O[C@H]4O[C@H](CO)[C@@H](O)[C@H](O)[C@@H]4O[C@@H]4O[C@H](CO)[C@@H](O[C@@H]5O[C@H](CO)[C@H](O)[C@H](O)[C@H]5O)[C@H](O[C@@H]5O[C@@H](C)[C@@H](O)[C@@H](O)[C@@H]5O)[C@H]4NC(C)=O)[C@@H]3O)O[C@H](CO)[C@@H](O)[C@@H]2O)O[C@H](CO)[C@@H](O[C@@H]2O[C@H](CO)[C@H](O)[C@H](O)[C@H]2O)[C@@H]1O[C@@H]1O[C@@H](C)[C@@H](O)[C@@H](O)[C@@H]1O. The Bertz CT molecular complexity index is 3140. The van der Waals surface area contributed by atoms with Gasteiger partial charge in [0.15, 0.2) is 62.9 Å². The number of amides is 3. The van der Waals surface area contributed by atoms with Crippen molar-refractivity contribution in [3.8, 4) is 0 Å². The molecule has 10 aliphatic heterocycles. The highest BCUT2D eigenvalue weighted by atomic mass is 16.8. The smallest absolute Gasteiger partial charge is 0.217 e. The molecule has 684 valence electrons. The molecule has 0 radical (unpaired) electrons. The minimum absolute atomic E-state index is 0.870. The number of carbonyl (C=O) groups is 3. The van der Waals surface area contributed by atoms with Crippen LogP contribution in [0.15, 0.2) is 0 Å². The topological polar surface area (TPSA) is 809 Å². The van der Waals surface area contributed by atoms with Crippen LogP contribution >= 0.6 is 0 Å². The van der Waals surface area contributed by atoms with Crippen LogP contribution in [0.1, 0.15) is 34.6 Å². The number of nitrogens with one attached hydrogen (secondary N) is 3. The summed E-state index contributed by atoms with van der Waals surface area (Å²) in [5.41, 5.74) is 0. The second-order valence-electron chi connectivity index (χ2n) is 30.2. The zero-order valence-corrected chi connectivity index (χ0v) is 63.6. The highest BCUT2D eigenvalue weighted by Crippen LogP contribution is 2.42. The molecule has 0 spiro atoms. The molecule has 0 aliphatic carbocycles. The lowest BCUT2D eigenvalue weighted by molar-refractivity contribution is -0.403. The summed E-state index contributed by atoms with van der Waals surface area (Å²) >= 11 is 0. The first-order chi connectivity index (χ1) is 55.8. The Morgan fingerprint density at radius 3 is 0.907 bits per heavy atom. The molecule has 0 bridgehead atoms. The van der Waals surface area contributed by atoms with Crippen molar-refractivity contribution < 1.29 is 242 Å². The van der Waals surface area contributed by atoms with Gasteiger partial charge in [-0.25, -0.2) is 0 Å². The quantitative estimate of drug-likeness (QED) is 0.0331. The maximum absolute atomic E-state index is 13.5. The standard InChI is InChI=1S/C66H111N3O49/c1-14-30(80)38(88)44(94)60(101-14)114-52-28(68-17(4)78)58(108-24(11-75)50(52)112-62-46(96)40(90)32(82)19(6-70)104-62)117-55-42(92)34(84)21(8-72)106-65(55)100-13-26-36(86)54(48(98)64(110-26)111-49-23(10-74)103-57(99)27(37(49)87)67-16(3)77)116-66-56(43(93)35(85)22(9-73)107-66)118-59-29(69-18(5)79)53(115-61-45(95)39(89)31(81)15(2)102-61)51(25(12-76)109-59)113-63-47(97)41(91)33(83)20(7-71)105-63/h14-15,19-66,70-76,80-99H,6-13H2,1-5H3,(H,67,77)(H,68,78)(H,69,79)/t14-,15-,19+,20+,21+,22+,23+,24+,25+,26+,27+,28+,29+,30+,31+,32-,33-,34+,35+,36+,37+,38+,39+,40-,41-,42-,43-,44-,45-,46+,47+,48-,49+,50+,51+,52+,53+,54-,55-,56-,57?,58-,59-,60-,61-,62-,63-,64-,65-,66+/m0/s1. The lowest BCUT2D eigenvalue weighted by atomic mass is 9.93. The lowest BCUT2D eigenvalue weighted by Gasteiger charge is -2.52. The van der Waals surface area contributed by atoms with E-state index >= 15 is 0 Å². The third kappa shape index (κ3) is 20.8. The number of aliphatic hydroxyl groups excluding tert-OH is 27. The number of hydrogen-bond donors (Lipinski definition) is 30. The predicted octanol–water partition coefficient (Wildman–Crippen LogP) is -20.3. The van der Waals surface area contributed by atoms with Gasteiger partial charge in [-0.3, -0.25) is 14.4 Å². The van der Waals surface area contributed by atoms with Gasteiger partial charge in [-0.05, 0) is 13.8 Å². The number of rotatable bonds is 29. The van der Waals surface area contributed by atoms with E-state index in [4.69, 9.17) is 90.0 Å². The van der Waals surface area contributed by atoms with Crippen LogP contribution in [0.4, 0.5) is 0 Å². The van der Waals surface area contributed by atoms with Crippen LogP contribution in [-0.4, -0.2) is 515 Å². The lowest BCUT2D eigenvalue weighted by Crippen LogP contribution is -2.71. The third-order valence-electron chi connectivity index (χ3n) is 22.0. The van der Waals surface area contributed by atoms with E-state index in [0.29, 0.717) is 0 Å². The molecule has 10 fully saturated rings. The molecule has 3 amide bonds. The van der Waals surface area contributed by atoms with Crippen LogP contribution in [-0.2, 0) is 104 Å². The van der Waals surface area contributed by atoms with E-state index < -0.39 is 377 Å². The fraction of sp³-hybridized carbons (Fsp3) is 0.955.